The van der Waals surface area contributed by atoms with Gasteiger partial charge in [0.15, 0.2) is 0 Å². The Morgan fingerprint density at radius 1 is 1.82 bits per heavy atom. The summed E-state index contributed by atoms with van der Waals surface area (Å²) >= 11 is 1.37. The molecule has 0 aliphatic heterocycles. The summed E-state index contributed by atoms with van der Waals surface area (Å²) in [6, 6.07) is 0. The number of amides is 1. The van der Waals surface area contributed by atoms with Gasteiger partial charge in [-0.15, -0.1) is 11.3 Å². The number of hydrogen-bond donors (Lipinski definition) is 2. The summed E-state index contributed by atoms with van der Waals surface area (Å²) in [6.45, 7) is 0.228. The first-order valence-electron chi connectivity index (χ1n) is 3.12. The Balaban J connectivity index is 2.43. The van der Waals surface area contributed by atoms with Crippen LogP contribution in [0.1, 0.15) is 10.5 Å². The Hall–Kier alpha value is -0.940. The highest BCUT2D eigenvalue weighted by molar-refractivity contribution is 7.07. The van der Waals surface area contributed by atoms with Crippen molar-refractivity contribution in [2.24, 2.45) is 0 Å². The molecule has 0 atom stereocenters. The number of aliphatic hydroxyl groups is 1. The van der Waals surface area contributed by atoms with E-state index in [2.05, 4.69) is 10.3 Å². The molecule has 11 heavy (non-hydrogen) atoms. The van der Waals surface area contributed by atoms with Crippen LogP contribution in [0.25, 0.3) is 0 Å². The Morgan fingerprint density at radius 3 is 3.18 bits per heavy atom. The van der Waals surface area contributed by atoms with E-state index < -0.39 is 0 Å². The largest absolute Gasteiger partial charge is 0.395 e. The first kappa shape index (κ1) is 8.16. The number of aromatic nitrogens is 1. The lowest BCUT2D eigenvalue weighted by Gasteiger charge is -1.97. The molecule has 4 nitrogen and oxygen atoms in total. The lowest BCUT2D eigenvalue weighted by Crippen LogP contribution is -2.26. The smallest absolute Gasteiger partial charge is 0.270 e. The van der Waals surface area contributed by atoms with Crippen LogP contribution >= 0.6 is 11.3 Å². The zero-order chi connectivity index (χ0) is 8.10. The number of rotatable bonds is 3. The first-order valence-corrected chi connectivity index (χ1v) is 4.06. The molecule has 0 aromatic carbocycles. The van der Waals surface area contributed by atoms with E-state index in [0.717, 1.165) is 0 Å². The number of carbonyl (C=O) groups is 1. The zero-order valence-corrected chi connectivity index (χ0v) is 6.60. The van der Waals surface area contributed by atoms with Crippen LogP contribution in [0.15, 0.2) is 10.9 Å². The molecule has 0 saturated carbocycles. The second kappa shape index (κ2) is 4.05. The fourth-order valence-corrected chi connectivity index (χ4v) is 1.12. The average Bonchev–Trinajstić information content (AvgIpc) is 2.52. The van der Waals surface area contributed by atoms with E-state index in [1.807, 2.05) is 0 Å². The summed E-state index contributed by atoms with van der Waals surface area (Å²) in [5.41, 5.74) is 2.00. The summed E-state index contributed by atoms with van der Waals surface area (Å²) in [7, 11) is 0. The molecule has 0 aliphatic rings. The van der Waals surface area contributed by atoms with Gasteiger partial charge in [-0.25, -0.2) is 4.98 Å². The molecule has 0 bridgehead atoms. The van der Waals surface area contributed by atoms with E-state index >= 15 is 0 Å². The second-order valence-corrected chi connectivity index (χ2v) is 2.57. The number of nitrogens with one attached hydrogen (secondary N) is 1. The molecule has 0 aliphatic carbocycles. The number of nitrogens with zero attached hydrogens (tertiary/aromatic N) is 1. The standard InChI is InChI=1S/C6H8N2O2S/c9-2-1-7-6(10)5-3-11-4-8-5/h3-4,9H,1-2H2,(H,7,10). The number of carbonyl (C=O) groups excluding carboxylic acids is 1. The minimum absolute atomic E-state index is 0.0458. The molecule has 60 valence electrons. The highest BCUT2D eigenvalue weighted by atomic mass is 32.1. The van der Waals surface area contributed by atoms with Crippen molar-refractivity contribution in [1.82, 2.24) is 10.3 Å². The summed E-state index contributed by atoms with van der Waals surface area (Å²) in [4.78, 5) is 14.8. The number of hydrogen-bond acceptors (Lipinski definition) is 4. The fourth-order valence-electron chi connectivity index (χ4n) is 0.585. The highest BCUT2D eigenvalue weighted by Crippen LogP contribution is 1.99. The SMILES string of the molecule is O=C(NCCO)c1cscn1. The quantitative estimate of drug-likeness (QED) is 0.667. The van der Waals surface area contributed by atoms with Gasteiger partial charge >= 0.3 is 0 Å². The van der Waals surface area contributed by atoms with Crippen LogP contribution in [0.5, 0.6) is 0 Å². The second-order valence-electron chi connectivity index (χ2n) is 1.85. The molecular weight excluding hydrogens is 164 g/mol. The third kappa shape index (κ3) is 2.28. The van der Waals surface area contributed by atoms with Gasteiger partial charge in [-0.2, -0.15) is 0 Å². The topological polar surface area (TPSA) is 62.2 Å². The molecule has 1 aromatic heterocycles. The summed E-state index contributed by atoms with van der Waals surface area (Å²) in [6.07, 6.45) is 0. The van der Waals surface area contributed by atoms with Gasteiger partial charge in [0.1, 0.15) is 5.69 Å². The number of thiazole rings is 1. The summed E-state index contributed by atoms with van der Waals surface area (Å²) < 4.78 is 0. The maximum Gasteiger partial charge on any atom is 0.270 e. The van der Waals surface area contributed by atoms with Gasteiger partial charge in [0.05, 0.1) is 12.1 Å². The molecule has 0 saturated heterocycles. The predicted molar refractivity (Wildman–Crippen MR) is 41.5 cm³/mol. The molecule has 0 fully saturated rings. The van der Waals surface area contributed by atoms with Crippen LogP contribution in [0.4, 0.5) is 0 Å². The molecule has 1 aromatic rings. The van der Waals surface area contributed by atoms with Crippen molar-refractivity contribution in [3.8, 4) is 0 Å². The van der Waals surface area contributed by atoms with Crippen LogP contribution in [0.2, 0.25) is 0 Å². The Kier molecular flexibility index (Phi) is 3.00. The van der Waals surface area contributed by atoms with Crippen molar-refractivity contribution in [3.63, 3.8) is 0 Å². The lowest BCUT2D eigenvalue weighted by atomic mass is 10.4. The van der Waals surface area contributed by atoms with Gasteiger partial charge in [0.25, 0.3) is 5.91 Å². The minimum atomic E-state index is -0.236. The molecule has 1 amide bonds. The van der Waals surface area contributed by atoms with Crippen molar-refractivity contribution < 1.29 is 9.90 Å². The lowest BCUT2D eigenvalue weighted by molar-refractivity contribution is 0.0940. The van der Waals surface area contributed by atoms with E-state index in [1.165, 1.54) is 11.3 Å². The van der Waals surface area contributed by atoms with Crippen molar-refractivity contribution in [2.45, 2.75) is 0 Å². The summed E-state index contributed by atoms with van der Waals surface area (Å²) in [5.74, 6) is -0.236. The van der Waals surface area contributed by atoms with Crippen molar-refractivity contribution in [1.29, 1.82) is 0 Å². The van der Waals surface area contributed by atoms with E-state index in [4.69, 9.17) is 5.11 Å². The van der Waals surface area contributed by atoms with Gasteiger partial charge in [-0.05, 0) is 0 Å². The van der Waals surface area contributed by atoms with Crippen LogP contribution in [-0.2, 0) is 0 Å². The molecular formula is C6H8N2O2S. The maximum absolute atomic E-state index is 11.0. The maximum atomic E-state index is 11.0. The van der Waals surface area contributed by atoms with Gasteiger partial charge in [-0.3, -0.25) is 4.79 Å². The molecule has 0 radical (unpaired) electrons. The third-order valence-corrected chi connectivity index (χ3v) is 1.65. The van der Waals surface area contributed by atoms with E-state index in [1.54, 1.807) is 10.9 Å². The van der Waals surface area contributed by atoms with Gasteiger partial charge < -0.3 is 10.4 Å². The third-order valence-electron chi connectivity index (χ3n) is 1.06. The average molecular weight is 172 g/mol. The van der Waals surface area contributed by atoms with Gasteiger partial charge in [0.2, 0.25) is 0 Å². The monoisotopic (exact) mass is 172 g/mol. The highest BCUT2D eigenvalue weighted by Gasteiger charge is 2.04. The first-order chi connectivity index (χ1) is 5.34. The zero-order valence-electron chi connectivity index (χ0n) is 5.78. The fraction of sp³-hybridized carbons (Fsp3) is 0.333. The summed E-state index contributed by atoms with van der Waals surface area (Å²) in [5, 5.41) is 12.5. The van der Waals surface area contributed by atoms with E-state index in [9.17, 15) is 4.79 Å². The minimum Gasteiger partial charge on any atom is -0.395 e. The molecule has 5 heteroatoms. The van der Waals surface area contributed by atoms with Crippen LogP contribution in [-0.4, -0.2) is 29.1 Å². The van der Waals surface area contributed by atoms with E-state index in [0.29, 0.717) is 5.69 Å². The molecule has 2 N–H and O–H groups in total. The van der Waals surface area contributed by atoms with Crippen LogP contribution in [0.3, 0.4) is 0 Å². The van der Waals surface area contributed by atoms with Crippen molar-refractivity contribution >= 4 is 17.2 Å². The predicted octanol–water partition coefficient (Wildman–Crippen LogP) is -0.135. The molecule has 0 unspecified atom stereocenters. The molecule has 0 spiro atoms. The van der Waals surface area contributed by atoms with Crippen LogP contribution < -0.4 is 5.32 Å². The Morgan fingerprint density at radius 2 is 2.64 bits per heavy atom. The Bertz CT molecular complexity index is 222. The van der Waals surface area contributed by atoms with E-state index in [-0.39, 0.29) is 19.1 Å². The Labute approximate surface area is 67.9 Å². The van der Waals surface area contributed by atoms with Gasteiger partial charge in [0, 0.05) is 11.9 Å². The van der Waals surface area contributed by atoms with Crippen molar-refractivity contribution in [3.05, 3.63) is 16.6 Å². The number of aliphatic hydroxyl groups excluding tert-OH is 1. The normalized spacial score (nSPS) is 9.55. The molecule has 1 heterocycles. The van der Waals surface area contributed by atoms with Gasteiger partial charge in [-0.1, -0.05) is 0 Å². The van der Waals surface area contributed by atoms with Crippen LogP contribution in [0, 0.1) is 0 Å². The van der Waals surface area contributed by atoms with Crippen molar-refractivity contribution in [2.75, 3.05) is 13.2 Å². The molecule has 1 rings (SSSR count).